The van der Waals surface area contributed by atoms with Crippen LogP contribution in [-0.4, -0.2) is 26.7 Å². The number of halogens is 2. The van der Waals surface area contributed by atoms with Crippen LogP contribution in [0.3, 0.4) is 0 Å². The molecule has 0 N–H and O–H groups in total. The molecule has 0 aromatic heterocycles. The third-order valence-corrected chi connectivity index (χ3v) is 2.58. The molecule has 3 nitrogen and oxygen atoms in total. The molecule has 0 saturated carbocycles. The van der Waals surface area contributed by atoms with Gasteiger partial charge in [0.2, 0.25) is 4.84 Å². The molecule has 11 heavy (non-hydrogen) atoms. The maximum atomic E-state index is 10.7. The van der Waals surface area contributed by atoms with E-state index in [0.717, 1.165) is 0 Å². The molecule has 0 aromatic carbocycles. The lowest BCUT2D eigenvalue weighted by Gasteiger charge is -2.10. The molecule has 0 amide bonds. The Balaban J connectivity index is 3.57. The monoisotopic (exact) mass is 216 g/mol. The molecule has 0 saturated heterocycles. The summed E-state index contributed by atoms with van der Waals surface area (Å²) in [6, 6.07) is 0. The second-order valence-corrected chi connectivity index (χ2v) is 4.56. The molecule has 1 unspecified atom stereocenters. The van der Waals surface area contributed by atoms with Crippen LogP contribution in [0.15, 0.2) is 0 Å². The molecular weight excluding hydrogens is 207 g/mol. The first-order chi connectivity index (χ1) is 5.07. The highest BCUT2D eigenvalue weighted by Gasteiger charge is 2.17. The van der Waals surface area contributed by atoms with E-state index in [1.54, 1.807) is 6.55 Å². The molecule has 0 radical (unpaired) electrons. The summed E-state index contributed by atoms with van der Waals surface area (Å²) in [4.78, 5) is 9.59. The van der Waals surface area contributed by atoms with Crippen LogP contribution >= 0.6 is 23.2 Å². The Labute approximate surface area is 77.4 Å². The zero-order valence-electron chi connectivity index (χ0n) is 6.34. The average Bonchev–Trinajstić information content (AvgIpc) is 1.87. The normalized spacial score (nSPS) is 13.2. The van der Waals surface area contributed by atoms with Crippen LogP contribution in [0, 0.1) is 0 Å². The van der Waals surface area contributed by atoms with Crippen LogP contribution in [0.2, 0.25) is 6.55 Å². The van der Waals surface area contributed by atoms with Crippen molar-refractivity contribution in [1.82, 2.24) is 0 Å². The molecule has 0 aliphatic rings. The van der Waals surface area contributed by atoms with Gasteiger partial charge in [-0.25, -0.2) is 0 Å². The van der Waals surface area contributed by atoms with Crippen molar-refractivity contribution in [2.24, 2.45) is 0 Å². The first kappa shape index (κ1) is 11.2. The van der Waals surface area contributed by atoms with Gasteiger partial charge in [0.25, 0.3) is 0 Å². The summed E-state index contributed by atoms with van der Waals surface area (Å²) in [5.74, 6) is -0.624. The van der Waals surface area contributed by atoms with Crippen molar-refractivity contribution in [3.05, 3.63) is 0 Å². The molecule has 0 spiro atoms. The van der Waals surface area contributed by atoms with E-state index in [1.807, 2.05) is 6.92 Å². The fourth-order valence-electron chi connectivity index (χ4n) is 0.484. The smallest absolute Gasteiger partial charge is 0.382 e. The van der Waals surface area contributed by atoms with Gasteiger partial charge in [0.1, 0.15) is 0 Å². The minimum Gasteiger partial charge on any atom is -0.495 e. The van der Waals surface area contributed by atoms with Gasteiger partial charge in [-0.2, -0.15) is 0 Å². The predicted molar refractivity (Wildman–Crippen MR) is 46.2 cm³/mol. The average molecular weight is 217 g/mol. The molecule has 0 aromatic rings. The Morgan fingerprint density at radius 2 is 2.18 bits per heavy atom. The van der Waals surface area contributed by atoms with Crippen molar-refractivity contribution in [3.63, 3.8) is 0 Å². The SMILES string of the molecule is CCO[SiH](C)OC(=O)C(Cl)Cl. The van der Waals surface area contributed by atoms with Gasteiger partial charge in [-0.05, 0) is 13.5 Å². The van der Waals surface area contributed by atoms with E-state index in [9.17, 15) is 4.79 Å². The number of carbonyl (C=O) groups is 1. The van der Waals surface area contributed by atoms with E-state index in [4.69, 9.17) is 32.1 Å². The van der Waals surface area contributed by atoms with Crippen LogP contribution < -0.4 is 0 Å². The Kier molecular flexibility index (Phi) is 5.94. The molecule has 0 aliphatic carbocycles. The Hall–Kier alpha value is 0.227. The number of carbonyl (C=O) groups excluding carboxylic acids is 1. The van der Waals surface area contributed by atoms with Crippen LogP contribution in [-0.2, 0) is 13.6 Å². The molecule has 0 rings (SSSR count). The van der Waals surface area contributed by atoms with Crippen LogP contribution in [0.25, 0.3) is 0 Å². The maximum Gasteiger partial charge on any atom is 0.382 e. The second-order valence-electron chi connectivity index (χ2n) is 1.76. The van der Waals surface area contributed by atoms with Gasteiger partial charge in [0.15, 0.2) is 0 Å². The minimum atomic E-state index is -1.83. The maximum absolute atomic E-state index is 10.7. The number of hydrogen-bond donors (Lipinski definition) is 0. The van der Waals surface area contributed by atoms with Gasteiger partial charge in [0, 0.05) is 6.61 Å². The van der Waals surface area contributed by atoms with Gasteiger partial charge in [-0.1, -0.05) is 23.2 Å². The van der Waals surface area contributed by atoms with Gasteiger partial charge >= 0.3 is 15.3 Å². The van der Waals surface area contributed by atoms with Gasteiger partial charge in [-0.3, -0.25) is 4.79 Å². The lowest BCUT2D eigenvalue weighted by molar-refractivity contribution is -0.133. The van der Waals surface area contributed by atoms with Crippen molar-refractivity contribution in [2.45, 2.75) is 18.3 Å². The van der Waals surface area contributed by atoms with Crippen molar-refractivity contribution in [3.8, 4) is 0 Å². The molecule has 0 heterocycles. The third kappa shape index (κ3) is 5.49. The quantitative estimate of drug-likeness (QED) is 0.524. The second kappa shape index (κ2) is 5.82. The standard InChI is InChI=1S/C5H10Cl2O3Si/c1-3-9-11(2)10-5(8)4(6)7/h4,11H,3H2,1-2H3. The Bertz CT molecular complexity index is 131. The number of rotatable bonds is 4. The molecule has 0 aliphatic heterocycles. The number of alkyl halides is 2. The predicted octanol–water partition coefficient (Wildman–Crippen LogP) is 1.22. The molecule has 0 fully saturated rings. The van der Waals surface area contributed by atoms with Crippen molar-refractivity contribution < 1.29 is 13.6 Å². The first-order valence-electron chi connectivity index (χ1n) is 3.18. The summed E-state index contributed by atoms with van der Waals surface area (Å²) >= 11 is 10.5. The number of hydrogen-bond acceptors (Lipinski definition) is 3. The molecular formula is C5H10Cl2O3Si. The summed E-state index contributed by atoms with van der Waals surface area (Å²) in [6.07, 6.45) is 0. The van der Waals surface area contributed by atoms with Gasteiger partial charge in [-0.15, -0.1) is 0 Å². The third-order valence-electron chi connectivity index (χ3n) is 0.862. The van der Waals surface area contributed by atoms with Gasteiger partial charge in [0.05, 0.1) is 0 Å². The fourth-order valence-corrected chi connectivity index (χ4v) is 1.76. The topological polar surface area (TPSA) is 35.5 Å². The zero-order valence-corrected chi connectivity index (χ0v) is 9.01. The van der Waals surface area contributed by atoms with E-state index in [1.165, 1.54) is 0 Å². The van der Waals surface area contributed by atoms with E-state index >= 15 is 0 Å². The lowest BCUT2D eigenvalue weighted by atomic mass is 10.8. The fraction of sp³-hybridized carbons (Fsp3) is 0.800. The van der Waals surface area contributed by atoms with Crippen LogP contribution in [0.4, 0.5) is 0 Å². The summed E-state index contributed by atoms with van der Waals surface area (Å²) < 4.78 is 9.81. The van der Waals surface area contributed by atoms with Crippen molar-refractivity contribution in [2.75, 3.05) is 6.61 Å². The highest BCUT2D eigenvalue weighted by Crippen LogP contribution is 2.04. The van der Waals surface area contributed by atoms with E-state index in [2.05, 4.69) is 0 Å². The molecule has 1 atom stereocenters. The Morgan fingerprint density at radius 1 is 1.64 bits per heavy atom. The summed E-state index contributed by atoms with van der Waals surface area (Å²) in [6.45, 7) is 4.10. The molecule has 0 bridgehead atoms. The molecule has 6 heteroatoms. The highest BCUT2D eigenvalue weighted by molar-refractivity contribution is 6.55. The summed E-state index contributed by atoms with van der Waals surface area (Å²) in [5.41, 5.74) is 0. The minimum absolute atomic E-state index is 0.538. The summed E-state index contributed by atoms with van der Waals surface area (Å²) in [7, 11) is -1.83. The molecule has 66 valence electrons. The highest BCUT2D eigenvalue weighted by atomic mass is 35.5. The van der Waals surface area contributed by atoms with Crippen molar-refractivity contribution >= 4 is 38.5 Å². The first-order valence-corrected chi connectivity index (χ1v) is 6.15. The van der Waals surface area contributed by atoms with Crippen LogP contribution in [0.5, 0.6) is 0 Å². The van der Waals surface area contributed by atoms with Crippen molar-refractivity contribution in [1.29, 1.82) is 0 Å². The Morgan fingerprint density at radius 3 is 2.55 bits per heavy atom. The largest absolute Gasteiger partial charge is 0.495 e. The van der Waals surface area contributed by atoms with Gasteiger partial charge < -0.3 is 8.85 Å². The van der Waals surface area contributed by atoms with E-state index < -0.39 is 20.1 Å². The van der Waals surface area contributed by atoms with E-state index in [0.29, 0.717) is 6.61 Å². The summed E-state index contributed by atoms with van der Waals surface area (Å²) in [5, 5.41) is 0. The zero-order chi connectivity index (χ0) is 8.85. The van der Waals surface area contributed by atoms with Crippen LogP contribution in [0.1, 0.15) is 6.92 Å². The van der Waals surface area contributed by atoms with E-state index in [-0.39, 0.29) is 0 Å². The lowest BCUT2D eigenvalue weighted by Crippen LogP contribution is -2.25.